The van der Waals surface area contributed by atoms with Gasteiger partial charge in [0.1, 0.15) is 0 Å². The van der Waals surface area contributed by atoms with Gasteiger partial charge in [0, 0.05) is 6.54 Å². The second kappa shape index (κ2) is 5.13. The molecule has 0 saturated carbocycles. The maximum Gasteiger partial charge on any atom is 0.0918 e. The minimum absolute atomic E-state index is 0.239. The monoisotopic (exact) mass is 227 g/mol. The molecule has 0 heterocycles. The predicted octanol–water partition coefficient (Wildman–Crippen LogP) is 2.65. The van der Waals surface area contributed by atoms with E-state index in [0.29, 0.717) is 0 Å². The van der Waals surface area contributed by atoms with Crippen molar-refractivity contribution in [2.24, 2.45) is 5.73 Å². The van der Waals surface area contributed by atoms with Crippen LogP contribution in [0.25, 0.3) is 11.1 Å². The van der Waals surface area contributed by atoms with E-state index in [1.807, 2.05) is 30.3 Å². The van der Waals surface area contributed by atoms with Gasteiger partial charge in [-0.3, -0.25) is 0 Å². The van der Waals surface area contributed by atoms with Gasteiger partial charge in [-0.05, 0) is 23.6 Å². The summed E-state index contributed by atoms with van der Waals surface area (Å²) in [6, 6.07) is 16.1. The summed E-state index contributed by atoms with van der Waals surface area (Å²) < 4.78 is 0. The normalized spacial score (nSPS) is 12.4. The summed E-state index contributed by atoms with van der Waals surface area (Å²) >= 11 is 0. The first-order chi connectivity index (χ1) is 8.22. The van der Waals surface area contributed by atoms with Gasteiger partial charge in [0.25, 0.3) is 0 Å². The average molecular weight is 227 g/mol. The smallest absolute Gasteiger partial charge is 0.0918 e. The van der Waals surface area contributed by atoms with Crippen molar-refractivity contribution >= 4 is 0 Å². The van der Waals surface area contributed by atoms with Crippen LogP contribution in [0.2, 0.25) is 0 Å². The van der Waals surface area contributed by atoms with E-state index in [1.165, 1.54) is 5.56 Å². The lowest BCUT2D eigenvalue weighted by atomic mass is 9.95. The van der Waals surface area contributed by atoms with Crippen molar-refractivity contribution in [1.29, 1.82) is 0 Å². The van der Waals surface area contributed by atoms with Gasteiger partial charge in [-0.25, -0.2) is 0 Å². The Hall–Kier alpha value is -1.64. The molecular formula is C15H17NO. The Morgan fingerprint density at radius 2 is 1.88 bits per heavy atom. The van der Waals surface area contributed by atoms with Crippen LogP contribution in [0, 0.1) is 6.92 Å². The van der Waals surface area contributed by atoms with E-state index < -0.39 is 6.10 Å². The van der Waals surface area contributed by atoms with Crippen molar-refractivity contribution in [1.82, 2.24) is 0 Å². The first kappa shape index (κ1) is 11.8. The van der Waals surface area contributed by atoms with Crippen molar-refractivity contribution in [2.45, 2.75) is 13.0 Å². The number of aryl methyl sites for hydroxylation is 1. The lowest BCUT2D eigenvalue weighted by molar-refractivity contribution is 0.187. The van der Waals surface area contributed by atoms with Crippen molar-refractivity contribution in [3.05, 3.63) is 59.7 Å². The van der Waals surface area contributed by atoms with Crippen LogP contribution in [0.4, 0.5) is 0 Å². The summed E-state index contributed by atoms with van der Waals surface area (Å²) in [5.41, 5.74) is 9.80. The molecule has 2 aromatic rings. The number of aliphatic hydroxyl groups is 1. The second-order valence-electron chi connectivity index (χ2n) is 4.21. The predicted molar refractivity (Wildman–Crippen MR) is 70.6 cm³/mol. The van der Waals surface area contributed by atoms with Crippen LogP contribution < -0.4 is 5.73 Å². The number of nitrogens with two attached hydrogens (primary N) is 1. The SMILES string of the molecule is Cc1cccc(-c2ccccc2C(O)CN)c1. The molecule has 0 fully saturated rings. The highest BCUT2D eigenvalue weighted by Crippen LogP contribution is 2.28. The van der Waals surface area contributed by atoms with Crippen LogP contribution in [-0.4, -0.2) is 11.7 Å². The van der Waals surface area contributed by atoms with Gasteiger partial charge < -0.3 is 10.8 Å². The highest BCUT2D eigenvalue weighted by atomic mass is 16.3. The molecule has 0 aromatic heterocycles. The number of hydrogen-bond donors (Lipinski definition) is 2. The molecule has 2 nitrogen and oxygen atoms in total. The van der Waals surface area contributed by atoms with Crippen molar-refractivity contribution < 1.29 is 5.11 Å². The van der Waals surface area contributed by atoms with Crippen molar-refractivity contribution in [3.8, 4) is 11.1 Å². The minimum atomic E-state index is -0.605. The maximum absolute atomic E-state index is 9.92. The van der Waals surface area contributed by atoms with Gasteiger partial charge in [-0.2, -0.15) is 0 Å². The maximum atomic E-state index is 9.92. The molecule has 2 aromatic carbocycles. The Kier molecular flexibility index (Phi) is 3.57. The van der Waals surface area contributed by atoms with Gasteiger partial charge >= 0.3 is 0 Å². The molecule has 0 saturated heterocycles. The summed E-state index contributed by atoms with van der Waals surface area (Å²) in [5, 5.41) is 9.92. The van der Waals surface area contributed by atoms with Crippen LogP contribution in [0.5, 0.6) is 0 Å². The standard InChI is InChI=1S/C15H17NO/c1-11-5-4-6-12(9-11)13-7-2-3-8-14(13)15(17)10-16/h2-9,15,17H,10,16H2,1H3. The molecule has 0 aliphatic carbocycles. The summed E-state index contributed by atoms with van der Waals surface area (Å²) in [6.07, 6.45) is -0.605. The third kappa shape index (κ3) is 2.54. The Morgan fingerprint density at radius 1 is 1.12 bits per heavy atom. The molecule has 0 radical (unpaired) electrons. The van der Waals surface area contributed by atoms with Crippen LogP contribution in [0.1, 0.15) is 17.2 Å². The zero-order valence-corrected chi connectivity index (χ0v) is 9.93. The summed E-state index contributed by atoms with van der Waals surface area (Å²) in [4.78, 5) is 0. The van der Waals surface area contributed by atoms with Gasteiger partial charge in [0.2, 0.25) is 0 Å². The van der Waals surface area contributed by atoms with Crippen LogP contribution in [0.15, 0.2) is 48.5 Å². The Morgan fingerprint density at radius 3 is 2.59 bits per heavy atom. The molecular weight excluding hydrogens is 210 g/mol. The van der Waals surface area contributed by atoms with E-state index in [4.69, 9.17) is 5.73 Å². The fourth-order valence-electron chi connectivity index (χ4n) is 1.99. The van der Waals surface area contributed by atoms with Crippen LogP contribution in [-0.2, 0) is 0 Å². The highest BCUT2D eigenvalue weighted by Gasteiger charge is 2.11. The number of rotatable bonds is 3. The molecule has 0 amide bonds. The van der Waals surface area contributed by atoms with Crippen molar-refractivity contribution in [3.63, 3.8) is 0 Å². The van der Waals surface area contributed by atoms with E-state index >= 15 is 0 Å². The molecule has 0 aliphatic heterocycles. The molecule has 88 valence electrons. The molecule has 2 rings (SSSR count). The van der Waals surface area contributed by atoms with Gasteiger partial charge in [-0.1, -0.05) is 54.1 Å². The summed E-state index contributed by atoms with van der Waals surface area (Å²) in [6.45, 7) is 2.30. The molecule has 3 N–H and O–H groups in total. The fraction of sp³-hybridized carbons (Fsp3) is 0.200. The summed E-state index contributed by atoms with van der Waals surface area (Å²) in [7, 11) is 0. The average Bonchev–Trinajstić information content (AvgIpc) is 2.38. The first-order valence-corrected chi connectivity index (χ1v) is 5.76. The molecule has 17 heavy (non-hydrogen) atoms. The zero-order chi connectivity index (χ0) is 12.3. The van der Waals surface area contributed by atoms with E-state index in [9.17, 15) is 5.11 Å². The van der Waals surface area contributed by atoms with Gasteiger partial charge in [0.05, 0.1) is 6.10 Å². The molecule has 0 aliphatic rings. The molecule has 2 heteroatoms. The van der Waals surface area contributed by atoms with Gasteiger partial charge in [0.15, 0.2) is 0 Å². The molecule has 0 spiro atoms. The van der Waals surface area contributed by atoms with E-state index in [-0.39, 0.29) is 6.54 Å². The van der Waals surface area contributed by atoms with E-state index in [2.05, 4.69) is 25.1 Å². The van der Waals surface area contributed by atoms with E-state index in [1.54, 1.807) is 0 Å². The zero-order valence-electron chi connectivity index (χ0n) is 9.93. The van der Waals surface area contributed by atoms with Crippen LogP contribution >= 0.6 is 0 Å². The highest BCUT2D eigenvalue weighted by molar-refractivity contribution is 5.68. The quantitative estimate of drug-likeness (QED) is 0.846. The van der Waals surface area contributed by atoms with E-state index in [0.717, 1.165) is 16.7 Å². The first-order valence-electron chi connectivity index (χ1n) is 5.76. The minimum Gasteiger partial charge on any atom is -0.387 e. The third-order valence-electron chi connectivity index (χ3n) is 2.87. The molecule has 1 atom stereocenters. The second-order valence-corrected chi connectivity index (χ2v) is 4.21. The Labute approximate surface area is 102 Å². The lowest BCUT2D eigenvalue weighted by Crippen LogP contribution is -2.12. The summed E-state index contributed by atoms with van der Waals surface area (Å²) in [5.74, 6) is 0. The third-order valence-corrected chi connectivity index (χ3v) is 2.87. The number of benzene rings is 2. The molecule has 0 bridgehead atoms. The fourth-order valence-corrected chi connectivity index (χ4v) is 1.99. The van der Waals surface area contributed by atoms with Gasteiger partial charge in [-0.15, -0.1) is 0 Å². The number of hydrogen-bond acceptors (Lipinski definition) is 2. The Bertz CT molecular complexity index is 508. The van der Waals surface area contributed by atoms with Crippen LogP contribution in [0.3, 0.4) is 0 Å². The number of aliphatic hydroxyl groups excluding tert-OH is 1. The Balaban J connectivity index is 2.52. The lowest BCUT2D eigenvalue weighted by Gasteiger charge is -2.14. The van der Waals surface area contributed by atoms with Crippen molar-refractivity contribution in [2.75, 3.05) is 6.54 Å². The largest absolute Gasteiger partial charge is 0.387 e. The molecule has 1 unspecified atom stereocenters. The topological polar surface area (TPSA) is 46.2 Å².